The fourth-order valence-electron chi connectivity index (χ4n) is 1.76. The molecule has 0 aliphatic rings. The first-order chi connectivity index (χ1) is 9.95. The second-order valence-electron chi connectivity index (χ2n) is 4.25. The molecule has 0 heterocycles. The second-order valence-corrected chi connectivity index (χ2v) is 5.11. The van der Waals surface area contributed by atoms with Gasteiger partial charge in [-0.2, -0.15) is 8.78 Å². The smallest absolute Gasteiger partial charge is 0.387 e. The molecule has 0 unspecified atom stereocenters. The number of ether oxygens (including phenoxy) is 1. The van der Waals surface area contributed by atoms with E-state index >= 15 is 0 Å². The molecular formula is C15H10BrF3O2. The fraction of sp³-hybridized carbons (Fsp3) is 0.133. The van der Waals surface area contributed by atoms with E-state index in [0.29, 0.717) is 11.1 Å². The standard InChI is InChI=1S/C15H10BrF3O2/c16-12-7-9(1-6-13(12)17)8-14(20)10-2-4-11(5-3-10)21-15(18)19/h1-7,15H,8H2. The van der Waals surface area contributed by atoms with Crippen molar-refractivity contribution >= 4 is 21.7 Å². The van der Waals surface area contributed by atoms with Crippen molar-refractivity contribution in [2.24, 2.45) is 0 Å². The van der Waals surface area contributed by atoms with E-state index in [2.05, 4.69) is 20.7 Å². The Bertz CT molecular complexity index is 642. The predicted octanol–water partition coefficient (Wildman–Crippen LogP) is 4.62. The number of alkyl halides is 2. The van der Waals surface area contributed by atoms with Gasteiger partial charge in [-0.3, -0.25) is 4.79 Å². The van der Waals surface area contributed by atoms with E-state index in [4.69, 9.17) is 0 Å². The van der Waals surface area contributed by atoms with Crippen molar-refractivity contribution in [2.45, 2.75) is 13.0 Å². The molecule has 0 N–H and O–H groups in total. The molecule has 0 fully saturated rings. The van der Waals surface area contributed by atoms with Gasteiger partial charge in [-0.15, -0.1) is 0 Å². The third-order valence-electron chi connectivity index (χ3n) is 2.75. The van der Waals surface area contributed by atoms with Crippen LogP contribution in [0.4, 0.5) is 13.2 Å². The molecule has 110 valence electrons. The Labute approximate surface area is 127 Å². The highest BCUT2D eigenvalue weighted by Crippen LogP contribution is 2.19. The topological polar surface area (TPSA) is 26.3 Å². The number of carbonyl (C=O) groups is 1. The van der Waals surface area contributed by atoms with Crippen LogP contribution in [0.1, 0.15) is 15.9 Å². The van der Waals surface area contributed by atoms with Crippen LogP contribution in [0.2, 0.25) is 0 Å². The van der Waals surface area contributed by atoms with E-state index in [-0.39, 0.29) is 22.4 Å². The van der Waals surface area contributed by atoms with Gasteiger partial charge < -0.3 is 4.74 Å². The van der Waals surface area contributed by atoms with Crippen LogP contribution in [0.5, 0.6) is 5.75 Å². The molecule has 2 rings (SSSR count). The van der Waals surface area contributed by atoms with Crippen molar-refractivity contribution in [2.75, 3.05) is 0 Å². The monoisotopic (exact) mass is 358 g/mol. The van der Waals surface area contributed by atoms with Crippen molar-refractivity contribution in [3.05, 3.63) is 63.9 Å². The Balaban J connectivity index is 2.07. The Morgan fingerprint density at radius 2 is 1.81 bits per heavy atom. The van der Waals surface area contributed by atoms with E-state index in [1.807, 2.05) is 0 Å². The van der Waals surface area contributed by atoms with Crippen LogP contribution in [0, 0.1) is 5.82 Å². The molecule has 6 heteroatoms. The highest BCUT2D eigenvalue weighted by molar-refractivity contribution is 9.10. The van der Waals surface area contributed by atoms with Gasteiger partial charge in [0.1, 0.15) is 11.6 Å². The first-order valence-corrected chi connectivity index (χ1v) is 6.77. The van der Waals surface area contributed by atoms with Crippen LogP contribution in [-0.2, 0) is 6.42 Å². The van der Waals surface area contributed by atoms with Crippen LogP contribution < -0.4 is 4.74 Å². The molecule has 0 radical (unpaired) electrons. The highest BCUT2D eigenvalue weighted by atomic mass is 79.9. The van der Waals surface area contributed by atoms with Crippen molar-refractivity contribution in [1.29, 1.82) is 0 Å². The highest BCUT2D eigenvalue weighted by Gasteiger charge is 2.10. The zero-order valence-electron chi connectivity index (χ0n) is 10.7. The summed E-state index contributed by atoms with van der Waals surface area (Å²) in [5.41, 5.74) is 1.03. The number of hydrogen-bond donors (Lipinski definition) is 0. The zero-order valence-corrected chi connectivity index (χ0v) is 12.2. The lowest BCUT2D eigenvalue weighted by Gasteiger charge is -2.06. The fourth-order valence-corrected chi connectivity index (χ4v) is 2.19. The van der Waals surface area contributed by atoms with E-state index in [9.17, 15) is 18.0 Å². The van der Waals surface area contributed by atoms with Gasteiger partial charge in [0.15, 0.2) is 5.78 Å². The average Bonchev–Trinajstić information content (AvgIpc) is 2.43. The Morgan fingerprint density at radius 3 is 2.38 bits per heavy atom. The molecule has 0 saturated carbocycles. The first-order valence-electron chi connectivity index (χ1n) is 5.97. The van der Waals surface area contributed by atoms with Gasteiger partial charge >= 0.3 is 6.61 Å². The summed E-state index contributed by atoms with van der Waals surface area (Å²) in [6.07, 6.45) is 0.0912. The molecule has 2 aromatic carbocycles. The second kappa shape index (κ2) is 6.76. The molecule has 21 heavy (non-hydrogen) atoms. The summed E-state index contributed by atoms with van der Waals surface area (Å²) >= 11 is 3.05. The minimum atomic E-state index is -2.90. The predicted molar refractivity (Wildman–Crippen MR) is 75.2 cm³/mol. The summed E-state index contributed by atoms with van der Waals surface area (Å²) < 4.78 is 41.6. The summed E-state index contributed by atoms with van der Waals surface area (Å²) in [4.78, 5) is 12.0. The number of Topliss-reactive ketones (excluding diaryl/α,β-unsaturated/α-hetero) is 1. The lowest BCUT2D eigenvalue weighted by Crippen LogP contribution is -2.05. The maximum Gasteiger partial charge on any atom is 0.387 e. The molecule has 0 aliphatic heterocycles. The molecule has 0 atom stereocenters. The van der Waals surface area contributed by atoms with Crippen molar-refractivity contribution in [1.82, 2.24) is 0 Å². The van der Waals surface area contributed by atoms with Crippen molar-refractivity contribution < 1.29 is 22.7 Å². The van der Waals surface area contributed by atoms with Crippen LogP contribution in [0.3, 0.4) is 0 Å². The minimum Gasteiger partial charge on any atom is -0.435 e. The number of benzene rings is 2. The molecule has 2 aromatic rings. The van der Waals surface area contributed by atoms with Crippen molar-refractivity contribution in [3.63, 3.8) is 0 Å². The number of hydrogen-bond acceptors (Lipinski definition) is 2. The quantitative estimate of drug-likeness (QED) is 0.729. The largest absolute Gasteiger partial charge is 0.435 e. The molecule has 0 spiro atoms. The summed E-state index contributed by atoms with van der Waals surface area (Å²) in [5.74, 6) is -0.608. The average molecular weight is 359 g/mol. The molecule has 0 aliphatic carbocycles. The lowest BCUT2D eigenvalue weighted by molar-refractivity contribution is -0.0498. The molecule has 0 amide bonds. The van der Waals surface area contributed by atoms with Gasteiger partial charge in [-0.05, 0) is 57.9 Å². The van der Waals surface area contributed by atoms with E-state index < -0.39 is 12.4 Å². The maximum atomic E-state index is 13.1. The molecule has 0 saturated heterocycles. The van der Waals surface area contributed by atoms with Gasteiger partial charge in [-0.1, -0.05) is 6.07 Å². The number of halogens is 4. The van der Waals surface area contributed by atoms with Crippen molar-refractivity contribution in [3.8, 4) is 5.75 Å². The SMILES string of the molecule is O=C(Cc1ccc(F)c(Br)c1)c1ccc(OC(F)F)cc1. The van der Waals surface area contributed by atoms with E-state index in [1.54, 1.807) is 0 Å². The first kappa shape index (κ1) is 15.6. The number of carbonyl (C=O) groups excluding carboxylic acids is 1. The van der Waals surface area contributed by atoms with Crippen LogP contribution in [-0.4, -0.2) is 12.4 Å². The van der Waals surface area contributed by atoms with Gasteiger partial charge in [0.25, 0.3) is 0 Å². The lowest BCUT2D eigenvalue weighted by atomic mass is 10.0. The van der Waals surface area contributed by atoms with Crippen LogP contribution >= 0.6 is 15.9 Å². The third-order valence-corrected chi connectivity index (χ3v) is 3.36. The minimum absolute atomic E-state index is 0.00826. The Morgan fingerprint density at radius 1 is 1.14 bits per heavy atom. The molecular weight excluding hydrogens is 349 g/mol. The van der Waals surface area contributed by atoms with Crippen LogP contribution in [0.15, 0.2) is 46.9 Å². The summed E-state index contributed by atoms with van der Waals surface area (Å²) in [6, 6.07) is 9.76. The number of ketones is 1. The molecule has 0 bridgehead atoms. The van der Waals surface area contributed by atoms with E-state index in [1.165, 1.54) is 42.5 Å². The maximum absolute atomic E-state index is 13.1. The van der Waals surface area contributed by atoms with Gasteiger partial charge in [-0.25, -0.2) is 4.39 Å². The normalized spacial score (nSPS) is 10.7. The summed E-state index contributed by atoms with van der Waals surface area (Å²) in [5, 5.41) is 0. The third kappa shape index (κ3) is 4.32. The van der Waals surface area contributed by atoms with Crippen LogP contribution in [0.25, 0.3) is 0 Å². The zero-order chi connectivity index (χ0) is 15.4. The van der Waals surface area contributed by atoms with E-state index in [0.717, 1.165) is 0 Å². The summed E-state index contributed by atoms with van der Waals surface area (Å²) in [7, 11) is 0. The van der Waals surface area contributed by atoms with Gasteiger partial charge in [0.05, 0.1) is 4.47 Å². The summed E-state index contributed by atoms with van der Waals surface area (Å²) in [6.45, 7) is -2.90. The number of rotatable bonds is 5. The molecule has 0 aromatic heterocycles. The van der Waals surface area contributed by atoms with Gasteiger partial charge in [0, 0.05) is 12.0 Å². The molecule has 2 nitrogen and oxygen atoms in total. The Kier molecular flexibility index (Phi) is 5.01. The van der Waals surface area contributed by atoms with Gasteiger partial charge in [0.2, 0.25) is 0 Å². The Hall–Kier alpha value is -1.82.